The smallest absolute Gasteiger partial charge is 0.251 e. The van der Waals surface area contributed by atoms with Gasteiger partial charge in [0.05, 0.1) is 0 Å². The molecule has 0 aromatic heterocycles. The summed E-state index contributed by atoms with van der Waals surface area (Å²) in [6.45, 7) is 0.512. The predicted molar refractivity (Wildman–Crippen MR) is 57.6 cm³/mol. The first-order chi connectivity index (χ1) is 6.65. The van der Waals surface area contributed by atoms with Crippen LogP contribution in [-0.4, -0.2) is 16.9 Å². The lowest BCUT2D eigenvalue weighted by Gasteiger charge is -2.02. The number of carbonyl (C=O) groups excluding carboxylic acids is 1. The monoisotopic (exact) mass is 311 g/mol. The summed E-state index contributed by atoms with van der Waals surface area (Å²) >= 11 is 2.10. The van der Waals surface area contributed by atoms with Gasteiger partial charge in [0.1, 0.15) is 0 Å². The summed E-state index contributed by atoms with van der Waals surface area (Å²) in [6.07, 6.45) is 0. The Bertz CT molecular complexity index is 344. The number of alkyl halides is 1. The molecule has 0 aliphatic rings. The maximum absolute atomic E-state index is 12.7. The van der Waals surface area contributed by atoms with Crippen LogP contribution < -0.4 is 5.32 Å². The number of hydrogen-bond donors (Lipinski definition) is 1. The van der Waals surface area contributed by atoms with Crippen LogP contribution in [0, 0.1) is 11.6 Å². The third-order valence-corrected chi connectivity index (χ3v) is 2.10. The fraction of sp³-hybridized carbons (Fsp3) is 0.222. The molecule has 1 amide bonds. The van der Waals surface area contributed by atoms with Crippen LogP contribution in [0.15, 0.2) is 18.2 Å². The van der Waals surface area contributed by atoms with Gasteiger partial charge < -0.3 is 5.32 Å². The van der Waals surface area contributed by atoms with E-state index in [9.17, 15) is 13.6 Å². The summed E-state index contributed by atoms with van der Waals surface area (Å²) in [5.74, 6) is -2.34. The zero-order valence-electron chi connectivity index (χ0n) is 7.19. The van der Waals surface area contributed by atoms with Crippen molar-refractivity contribution in [2.45, 2.75) is 0 Å². The van der Waals surface area contributed by atoms with Crippen molar-refractivity contribution >= 4 is 28.5 Å². The highest BCUT2D eigenvalue weighted by molar-refractivity contribution is 14.1. The molecule has 0 fully saturated rings. The lowest BCUT2D eigenvalue weighted by molar-refractivity contribution is 0.0956. The van der Waals surface area contributed by atoms with E-state index in [4.69, 9.17) is 0 Å². The minimum atomic E-state index is -1.01. The largest absolute Gasteiger partial charge is 0.351 e. The number of carbonyl (C=O) groups is 1. The van der Waals surface area contributed by atoms with Crippen LogP contribution >= 0.6 is 22.6 Å². The third kappa shape index (κ3) is 2.90. The van der Waals surface area contributed by atoms with E-state index >= 15 is 0 Å². The number of nitrogens with one attached hydrogen (secondary N) is 1. The predicted octanol–water partition coefficient (Wildman–Crippen LogP) is 2.13. The molecule has 0 heterocycles. The number of hydrogen-bond acceptors (Lipinski definition) is 1. The van der Waals surface area contributed by atoms with Crippen molar-refractivity contribution in [3.05, 3.63) is 35.4 Å². The highest BCUT2D eigenvalue weighted by Gasteiger charge is 2.08. The molecule has 1 N–H and O–H groups in total. The Hall–Kier alpha value is -0.720. The van der Waals surface area contributed by atoms with Crippen molar-refractivity contribution in [2.24, 2.45) is 0 Å². The van der Waals surface area contributed by atoms with Crippen LogP contribution in [0.5, 0.6) is 0 Å². The van der Waals surface area contributed by atoms with Gasteiger partial charge in [-0.3, -0.25) is 4.79 Å². The maximum Gasteiger partial charge on any atom is 0.251 e. The van der Waals surface area contributed by atoms with E-state index in [0.717, 1.165) is 16.6 Å². The first kappa shape index (κ1) is 11.4. The van der Waals surface area contributed by atoms with Gasteiger partial charge in [-0.25, -0.2) is 8.78 Å². The molecule has 1 aromatic carbocycles. The zero-order valence-corrected chi connectivity index (χ0v) is 9.35. The van der Waals surface area contributed by atoms with Gasteiger partial charge in [0, 0.05) is 16.5 Å². The maximum atomic E-state index is 12.7. The van der Waals surface area contributed by atoms with E-state index in [1.807, 2.05) is 0 Å². The lowest BCUT2D eigenvalue weighted by atomic mass is 10.2. The van der Waals surface area contributed by atoms with Gasteiger partial charge in [0.25, 0.3) is 5.91 Å². The fourth-order valence-electron chi connectivity index (χ4n) is 0.900. The second kappa shape index (κ2) is 5.23. The van der Waals surface area contributed by atoms with Crippen LogP contribution in [-0.2, 0) is 0 Å². The second-order valence-electron chi connectivity index (χ2n) is 2.57. The standard InChI is InChI=1S/C9H8F2INO/c10-7-2-1-6(5-8(7)11)9(14)13-4-3-12/h1-2,5H,3-4H2,(H,13,14). The van der Waals surface area contributed by atoms with Gasteiger partial charge in [-0.15, -0.1) is 0 Å². The third-order valence-electron chi connectivity index (χ3n) is 1.56. The molecule has 1 aromatic rings. The SMILES string of the molecule is O=C(NCCI)c1ccc(F)c(F)c1. The molecular weight excluding hydrogens is 303 g/mol. The summed E-state index contributed by atoms with van der Waals surface area (Å²) < 4.78 is 26.0. The van der Waals surface area contributed by atoms with Crippen molar-refractivity contribution in [3.8, 4) is 0 Å². The summed E-state index contributed by atoms with van der Waals surface area (Å²) in [5, 5.41) is 2.56. The van der Waals surface area contributed by atoms with Gasteiger partial charge in [0.15, 0.2) is 11.6 Å². The molecule has 0 radical (unpaired) electrons. The normalized spacial score (nSPS) is 9.93. The average molecular weight is 311 g/mol. The summed E-state index contributed by atoms with van der Waals surface area (Å²) in [7, 11) is 0. The molecule has 2 nitrogen and oxygen atoms in total. The minimum Gasteiger partial charge on any atom is -0.351 e. The molecule has 0 saturated carbocycles. The molecule has 5 heteroatoms. The van der Waals surface area contributed by atoms with Crippen LogP contribution in [0.25, 0.3) is 0 Å². The lowest BCUT2D eigenvalue weighted by Crippen LogP contribution is -2.25. The van der Waals surface area contributed by atoms with Crippen LogP contribution in [0.3, 0.4) is 0 Å². The first-order valence-corrected chi connectivity index (χ1v) is 5.47. The van der Waals surface area contributed by atoms with E-state index in [1.54, 1.807) is 0 Å². The highest BCUT2D eigenvalue weighted by atomic mass is 127. The van der Waals surface area contributed by atoms with Crippen molar-refractivity contribution in [1.29, 1.82) is 0 Å². The molecule has 0 aliphatic heterocycles. The molecule has 0 bridgehead atoms. The second-order valence-corrected chi connectivity index (χ2v) is 3.65. The van der Waals surface area contributed by atoms with Gasteiger partial charge >= 0.3 is 0 Å². The molecular formula is C9H8F2INO. The fourth-order valence-corrected chi connectivity index (χ4v) is 1.17. The molecule has 14 heavy (non-hydrogen) atoms. The number of amides is 1. The van der Waals surface area contributed by atoms with Gasteiger partial charge in [-0.05, 0) is 18.2 Å². The summed E-state index contributed by atoms with van der Waals surface area (Å²) in [4.78, 5) is 11.3. The molecule has 0 spiro atoms. The van der Waals surface area contributed by atoms with Gasteiger partial charge in [0.2, 0.25) is 0 Å². The quantitative estimate of drug-likeness (QED) is 0.672. The van der Waals surface area contributed by atoms with Crippen LogP contribution in [0.4, 0.5) is 8.78 Å². The minimum absolute atomic E-state index is 0.133. The number of benzene rings is 1. The van der Waals surface area contributed by atoms with Crippen LogP contribution in [0.1, 0.15) is 10.4 Å². The number of halogens is 3. The first-order valence-electron chi connectivity index (χ1n) is 3.94. The van der Waals surface area contributed by atoms with E-state index in [1.165, 1.54) is 6.07 Å². The van der Waals surface area contributed by atoms with Crippen molar-refractivity contribution in [3.63, 3.8) is 0 Å². The number of rotatable bonds is 3. The van der Waals surface area contributed by atoms with E-state index in [0.29, 0.717) is 6.54 Å². The van der Waals surface area contributed by atoms with Crippen molar-refractivity contribution in [1.82, 2.24) is 5.32 Å². The average Bonchev–Trinajstić information content (AvgIpc) is 2.18. The van der Waals surface area contributed by atoms with E-state index in [-0.39, 0.29) is 11.5 Å². The molecule has 0 atom stereocenters. The highest BCUT2D eigenvalue weighted by Crippen LogP contribution is 2.08. The van der Waals surface area contributed by atoms with Crippen molar-refractivity contribution in [2.75, 3.05) is 11.0 Å². The Morgan fingerprint density at radius 1 is 1.36 bits per heavy atom. The Balaban J connectivity index is 2.76. The molecule has 0 unspecified atom stereocenters. The molecule has 0 aliphatic carbocycles. The van der Waals surface area contributed by atoms with E-state index in [2.05, 4.69) is 27.9 Å². The Labute approximate surface area is 93.8 Å². The summed E-state index contributed by atoms with van der Waals surface area (Å²) in [6, 6.07) is 3.08. The Morgan fingerprint density at radius 3 is 2.64 bits per heavy atom. The Kier molecular flexibility index (Phi) is 4.24. The van der Waals surface area contributed by atoms with E-state index < -0.39 is 11.6 Å². The molecule has 0 saturated heterocycles. The summed E-state index contributed by atoms with van der Waals surface area (Å²) in [5.41, 5.74) is 0.133. The van der Waals surface area contributed by atoms with Crippen molar-refractivity contribution < 1.29 is 13.6 Å². The topological polar surface area (TPSA) is 29.1 Å². The molecule has 1 rings (SSSR count). The van der Waals surface area contributed by atoms with Gasteiger partial charge in [-0.1, -0.05) is 22.6 Å². The Morgan fingerprint density at radius 2 is 2.07 bits per heavy atom. The van der Waals surface area contributed by atoms with Crippen LogP contribution in [0.2, 0.25) is 0 Å². The zero-order chi connectivity index (χ0) is 10.6. The van der Waals surface area contributed by atoms with Gasteiger partial charge in [-0.2, -0.15) is 0 Å². The molecule has 76 valence electrons.